The van der Waals surface area contributed by atoms with Gasteiger partial charge < -0.3 is 9.47 Å². The second kappa shape index (κ2) is 5.44. The largest absolute Gasteiger partial charge is 0.497 e. The Morgan fingerprint density at radius 3 is 2.07 bits per heavy atom. The zero-order valence-corrected chi connectivity index (χ0v) is 9.67. The van der Waals surface area contributed by atoms with Crippen LogP contribution in [0.5, 0.6) is 11.5 Å². The third-order valence-corrected chi connectivity index (χ3v) is 2.25. The summed E-state index contributed by atoms with van der Waals surface area (Å²) in [7, 11) is 3.33. The van der Waals surface area contributed by atoms with Crippen molar-refractivity contribution >= 4 is 0 Å². The fraction of sp³-hybridized carbons (Fsp3) is 0.385. The molecule has 0 bridgehead atoms. The van der Waals surface area contributed by atoms with Crippen molar-refractivity contribution in [3.05, 3.63) is 35.9 Å². The molecule has 0 N–H and O–H groups in total. The topological polar surface area (TPSA) is 18.5 Å². The Morgan fingerprint density at radius 2 is 1.67 bits per heavy atom. The van der Waals surface area contributed by atoms with E-state index in [4.69, 9.17) is 9.47 Å². The molecule has 0 saturated carbocycles. The van der Waals surface area contributed by atoms with Crippen molar-refractivity contribution in [3.8, 4) is 11.5 Å². The summed E-state index contributed by atoms with van der Waals surface area (Å²) in [5.41, 5.74) is 2.41. The minimum absolute atomic E-state index is 0.839. The number of hydrogen-bond donors (Lipinski definition) is 0. The predicted octanol–water partition coefficient (Wildman–Crippen LogP) is 3.21. The van der Waals surface area contributed by atoms with Crippen LogP contribution in [0.1, 0.15) is 18.9 Å². The first-order chi connectivity index (χ1) is 7.15. The monoisotopic (exact) mass is 206 g/mol. The number of aryl methyl sites for hydroxylation is 1. The lowest BCUT2D eigenvalue weighted by Crippen LogP contribution is -1.92. The first-order valence-electron chi connectivity index (χ1n) is 5.02. The van der Waals surface area contributed by atoms with Crippen molar-refractivity contribution in [1.29, 1.82) is 0 Å². The second-order valence-corrected chi connectivity index (χ2v) is 3.68. The summed E-state index contributed by atoms with van der Waals surface area (Å²) in [6.45, 7) is 5.93. The normalized spacial score (nSPS) is 9.80. The maximum absolute atomic E-state index is 5.20. The van der Waals surface area contributed by atoms with E-state index in [0.717, 1.165) is 24.3 Å². The number of hydrogen-bond acceptors (Lipinski definition) is 2. The van der Waals surface area contributed by atoms with E-state index in [-0.39, 0.29) is 0 Å². The molecule has 2 nitrogen and oxygen atoms in total. The molecular weight excluding hydrogens is 188 g/mol. The lowest BCUT2D eigenvalue weighted by atomic mass is 10.1. The van der Waals surface area contributed by atoms with Gasteiger partial charge in [0.25, 0.3) is 0 Å². The summed E-state index contributed by atoms with van der Waals surface area (Å²) in [5.74, 6) is 1.68. The Morgan fingerprint density at radius 1 is 1.13 bits per heavy atom. The molecule has 0 unspecified atom stereocenters. The average molecular weight is 206 g/mol. The lowest BCUT2D eigenvalue weighted by Gasteiger charge is -2.08. The highest BCUT2D eigenvalue weighted by atomic mass is 16.5. The third kappa shape index (κ3) is 3.66. The Bertz CT molecular complexity index is 320. The van der Waals surface area contributed by atoms with Gasteiger partial charge in [-0.25, -0.2) is 0 Å². The summed E-state index contributed by atoms with van der Waals surface area (Å²) in [6, 6.07) is 5.95. The van der Waals surface area contributed by atoms with E-state index in [0.29, 0.717) is 0 Å². The zero-order chi connectivity index (χ0) is 11.3. The van der Waals surface area contributed by atoms with E-state index in [1.807, 2.05) is 25.1 Å². The fourth-order valence-electron chi connectivity index (χ4n) is 1.37. The SMILES string of the molecule is C=C(C)CCc1cc(OC)cc(OC)c1. The van der Waals surface area contributed by atoms with Gasteiger partial charge in [0.05, 0.1) is 14.2 Å². The molecule has 0 fully saturated rings. The Balaban J connectivity index is 2.81. The summed E-state index contributed by atoms with van der Waals surface area (Å²) in [6.07, 6.45) is 1.97. The minimum Gasteiger partial charge on any atom is -0.497 e. The zero-order valence-electron chi connectivity index (χ0n) is 9.67. The Labute approximate surface area is 91.5 Å². The van der Waals surface area contributed by atoms with Gasteiger partial charge in [0.2, 0.25) is 0 Å². The molecular formula is C13H18O2. The molecule has 0 aliphatic rings. The number of rotatable bonds is 5. The number of allylic oxidation sites excluding steroid dienone is 1. The Hall–Kier alpha value is -1.44. The van der Waals surface area contributed by atoms with Crippen molar-refractivity contribution in [3.63, 3.8) is 0 Å². The van der Waals surface area contributed by atoms with Crippen LogP contribution in [0.25, 0.3) is 0 Å². The highest BCUT2D eigenvalue weighted by Gasteiger charge is 2.01. The first kappa shape index (κ1) is 11.6. The van der Waals surface area contributed by atoms with Crippen molar-refractivity contribution < 1.29 is 9.47 Å². The van der Waals surface area contributed by atoms with Crippen LogP contribution in [0.15, 0.2) is 30.4 Å². The van der Waals surface area contributed by atoms with E-state index in [9.17, 15) is 0 Å². The fourth-order valence-corrected chi connectivity index (χ4v) is 1.37. The van der Waals surface area contributed by atoms with Crippen LogP contribution in [0.4, 0.5) is 0 Å². The number of ether oxygens (including phenoxy) is 2. The maximum Gasteiger partial charge on any atom is 0.122 e. The van der Waals surface area contributed by atoms with E-state index >= 15 is 0 Å². The van der Waals surface area contributed by atoms with Gasteiger partial charge in [-0.2, -0.15) is 0 Å². The summed E-state index contributed by atoms with van der Waals surface area (Å²) >= 11 is 0. The average Bonchev–Trinajstić information content (AvgIpc) is 2.25. The predicted molar refractivity (Wildman–Crippen MR) is 62.7 cm³/mol. The van der Waals surface area contributed by atoms with Gasteiger partial charge in [0.1, 0.15) is 11.5 Å². The van der Waals surface area contributed by atoms with Crippen LogP contribution in [-0.4, -0.2) is 14.2 Å². The summed E-state index contributed by atoms with van der Waals surface area (Å²) in [5, 5.41) is 0. The molecule has 0 saturated heterocycles. The van der Waals surface area contributed by atoms with Gasteiger partial charge in [0.15, 0.2) is 0 Å². The molecule has 0 atom stereocenters. The van der Waals surface area contributed by atoms with Crippen LogP contribution in [-0.2, 0) is 6.42 Å². The molecule has 0 heterocycles. The van der Waals surface area contributed by atoms with Gasteiger partial charge in [-0.05, 0) is 37.5 Å². The highest BCUT2D eigenvalue weighted by molar-refractivity contribution is 5.38. The molecule has 1 aromatic carbocycles. The quantitative estimate of drug-likeness (QED) is 0.689. The van der Waals surface area contributed by atoms with Crippen molar-refractivity contribution in [2.75, 3.05) is 14.2 Å². The minimum atomic E-state index is 0.839. The maximum atomic E-state index is 5.20. The number of benzene rings is 1. The molecule has 0 aliphatic heterocycles. The lowest BCUT2D eigenvalue weighted by molar-refractivity contribution is 0.393. The van der Waals surface area contributed by atoms with E-state index in [2.05, 4.69) is 6.58 Å². The van der Waals surface area contributed by atoms with Gasteiger partial charge in [-0.15, -0.1) is 6.58 Å². The molecule has 0 aromatic heterocycles. The molecule has 82 valence electrons. The molecule has 2 heteroatoms. The highest BCUT2D eigenvalue weighted by Crippen LogP contribution is 2.23. The smallest absolute Gasteiger partial charge is 0.122 e. The van der Waals surface area contributed by atoms with Gasteiger partial charge in [-0.1, -0.05) is 5.57 Å². The molecule has 0 amide bonds. The number of methoxy groups -OCH3 is 2. The molecule has 0 radical (unpaired) electrons. The van der Waals surface area contributed by atoms with E-state index < -0.39 is 0 Å². The second-order valence-electron chi connectivity index (χ2n) is 3.68. The van der Waals surface area contributed by atoms with Crippen LogP contribution < -0.4 is 9.47 Å². The van der Waals surface area contributed by atoms with Crippen molar-refractivity contribution in [2.45, 2.75) is 19.8 Å². The van der Waals surface area contributed by atoms with Crippen LogP contribution >= 0.6 is 0 Å². The van der Waals surface area contributed by atoms with Crippen LogP contribution in [0.2, 0.25) is 0 Å². The van der Waals surface area contributed by atoms with E-state index in [1.54, 1.807) is 14.2 Å². The van der Waals surface area contributed by atoms with Gasteiger partial charge in [-0.3, -0.25) is 0 Å². The first-order valence-corrected chi connectivity index (χ1v) is 5.02. The molecule has 0 aliphatic carbocycles. The third-order valence-electron chi connectivity index (χ3n) is 2.25. The van der Waals surface area contributed by atoms with Crippen molar-refractivity contribution in [2.24, 2.45) is 0 Å². The van der Waals surface area contributed by atoms with Gasteiger partial charge in [0, 0.05) is 6.07 Å². The van der Waals surface area contributed by atoms with E-state index in [1.165, 1.54) is 11.1 Å². The molecule has 1 aromatic rings. The molecule has 1 rings (SSSR count). The van der Waals surface area contributed by atoms with Crippen LogP contribution in [0, 0.1) is 0 Å². The standard InChI is InChI=1S/C13H18O2/c1-10(2)5-6-11-7-12(14-3)9-13(8-11)15-4/h7-9H,1,5-6H2,2-4H3. The van der Waals surface area contributed by atoms with Crippen molar-refractivity contribution in [1.82, 2.24) is 0 Å². The van der Waals surface area contributed by atoms with Crippen LogP contribution in [0.3, 0.4) is 0 Å². The van der Waals surface area contributed by atoms with Gasteiger partial charge >= 0.3 is 0 Å². The molecule has 15 heavy (non-hydrogen) atoms. The molecule has 0 spiro atoms. The summed E-state index contributed by atoms with van der Waals surface area (Å²) in [4.78, 5) is 0. The Kier molecular flexibility index (Phi) is 4.22. The summed E-state index contributed by atoms with van der Waals surface area (Å²) < 4.78 is 10.4.